The maximum absolute atomic E-state index is 11.5. The molecule has 1 aliphatic rings. The summed E-state index contributed by atoms with van der Waals surface area (Å²) in [6.45, 7) is 2.36. The van der Waals surface area contributed by atoms with Crippen LogP contribution in [0.5, 0.6) is 0 Å². The second-order valence-corrected chi connectivity index (χ2v) is 5.16. The maximum Gasteiger partial charge on any atom is 0.311 e. The Morgan fingerprint density at radius 2 is 1.79 bits per heavy atom. The smallest absolute Gasteiger partial charge is 0.311 e. The molecule has 2 amide bonds. The molecular formula is C13H22N2O4. The van der Waals surface area contributed by atoms with Crippen molar-refractivity contribution in [3.8, 4) is 0 Å². The van der Waals surface area contributed by atoms with Crippen LogP contribution in [0.3, 0.4) is 0 Å². The van der Waals surface area contributed by atoms with Gasteiger partial charge in [-0.2, -0.15) is 0 Å². The van der Waals surface area contributed by atoms with Crippen molar-refractivity contribution in [1.82, 2.24) is 10.6 Å². The summed E-state index contributed by atoms with van der Waals surface area (Å²) in [5.74, 6) is -0.948. The van der Waals surface area contributed by atoms with Crippen molar-refractivity contribution in [3.05, 3.63) is 0 Å². The molecule has 0 spiro atoms. The SMILES string of the molecule is CC(=O)NCCCCCC(=O)NCC1(C(=O)O)CC1. The van der Waals surface area contributed by atoms with E-state index in [0.29, 0.717) is 25.8 Å². The van der Waals surface area contributed by atoms with Gasteiger partial charge in [0.25, 0.3) is 0 Å². The molecule has 1 fully saturated rings. The Labute approximate surface area is 112 Å². The van der Waals surface area contributed by atoms with Crippen LogP contribution in [0, 0.1) is 5.41 Å². The summed E-state index contributed by atoms with van der Waals surface area (Å²) >= 11 is 0. The summed E-state index contributed by atoms with van der Waals surface area (Å²) in [6, 6.07) is 0. The van der Waals surface area contributed by atoms with E-state index in [9.17, 15) is 14.4 Å². The van der Waals surface area contributed by atoms with Crippen LogP contribution in [-0.4, -0.2) is 36.0 Å². The van der Waals surface area contributed by atoms with Gasteiger partial charge in [-0.25, -0.2) is 0 Å². The minimum atomic E-state index is -0.817. The third kappa shape index (κ3) is 5.72. The monoisotopic (exact) mass is 270 g/mol. The van der Waals surface area contributed by atoms with Crippen LogP contribution in [0.15, 0.2) is 0 Å². The van der Waals surface area contributed by atoms with Gasteiger partial charge < -0.3 is 15.7 Å². The van der Waals surface area contributed by atoms with Crippen LogP contribution in [0.25, 0.3) is 0 Å². The van der Waals surface area contributed by atoms with Crippen molar-refractivity contribution >= 4 is 17.8 Å². The predicted octanol–water partition coefficient (Wildman–Crippen LogP) is 0.664. The normalized spacial score (nSPS) is 15.6. The summed E-state index contributed by atoms with van der Waals surface area (Å²) in [6.07, 6.45) is 4.20. The molecule has 0 aromatic rings. The van der Waals surface area contributed by atoms with Crippen LogP contribution in [0.2, 0.25) is 0 Å². The first kappa shape index (κ1) is 15.5. The van der Waals surface area contributed by atoms with Crippen LogP contribution in [0.4, 0.5) is 0 Å². The highest BCUT2D eigenvalue weighted by Gasteiger charge is 2.50. The van der Waals surface area contributed by atoms with E-state index < -0.39 is 11.4 Å². The number of aliphatic carboxylic acids is 1. The van der Waals surface area contributed by atoms with Crippen LogP contribution >= 0.6 is 0 Å². The van der Waals surface area contributed by atoms with E-state index in [0.717, 1.165) is 19.3 Å². The van der Waals surface area contributed by atoms with E-state index in [4.69, 9.17) is 5.11 Å². The molecule has 108 valence electrons. The van der Waals surface area contributed by atoms with Gasteiger partial charge in [0.2, 0.25) is 11.8 Å². The number of carboxylic acids is 1. The van der Waals surface area contributed by atoms with Gasteiger partial charge in [-0.15, -0.1) is 0 Å². The Hall–Kier alpha value is -1.59. The first-order valence-corrected chi connectivity index (χ1v) is 6.71. The Bertz CT molecular complexity index is 351. The molecule has 0 aromatic carbocycles. The highest BCUT2D eigenvalue weighted by atomic mass is 16.4. The van der Waals surface area contributed by atoms with E-state index in [2.05, 4.69) is 10.6 Å². The van der Waals surface area contributed by atoms with Crippen molar-refractivity contribution in [2.45, 2.75) is 45.4 Å². The van der Waals surface area contributed by atoms with Crippen molar-refractivity contribution in [2.24, 2.45) is 5.41 Å². The number of carboxylic acid groups (broad SMARTS) is 1. The lowest BCUT2D eigenvalue weighted by Gasteiger charge is -2.11. The maximum atomic E-state index is 11.5. The Kier molecular flexibility index (Phi) is 5.79. The van der Waals surface area contributed by atoms with Crippen LogP contribution in [0.1, 0.15) is 45.4 Å². The van der Waals surface area contributed by atoms with E-state index in [-0.39, 0.29) is 18.4 Å². The molecule has 6 nitrogen and oxygen atoms in total. The van der Waals surface area contributed by atoms with Crippen LogP contribution in [-0.2, 0) is 14.4 Å². The average molecular weight is 270 g/mol. The van der Waals surface area contributed by atoms with E-state index in [1.807, 2.05) is 0 Å². The second kappa shape index (κ2) is 7.11. The van der Waals surface area contributed by atoms with Crippen LogP contribution < -0.4 is 10.6 Å². The zero-order valence-corrected chi connectivity index (χ0v) is 11.3. The molecule has 1 rings (SSSR count). The van der Waals surface area contributed by atoms with Gasteiger partial charge in [0.05, 0.1) is 5.41 Å². The Morgan fingerprint density at radius 1 is 1.11 bits per heavy atom. The molecule has 1 saturated carbocycles. The zero-order chi connectivity index (χ0) is 14.3. The highest BCUT2D eigenvalue weighted by Crippen LogP contribution is 2.45. The summed E-state index contributed by atoms with van der Waals surface area (Å²) in [5, 5.41) is 14.3. The van der Waals surface area contributed by atoms with Gasteiger partial charge in [0.15, 0.2) is 0 Å². The van der Waals surface area contributed by atoms with Gasteiger partial charge in [0.1, 0.15) is 0 Å². The third-order valence-corrected chi connectivity index (χ3v) is 3.39. The lowest BCUT2D eigenvalue weighted by Crippen LogP contribution is -2.34. The van der Waals surface area contributed by atoms with Crippen molar-refractivity contribution in [2.75, 3.05) is 13.1 Å². The summed E-state index contributed by atoms with van der Waals surface area (Å²) in [4.78, 5) is 33.0. The number of nitrogens with one attached hydrogen (secondary N) is 2. The molecule has 3 N–H and O–H groups in total. The third-order valence-electron chi connectivity index (χ3n) is 3.39. The number of amides is 2. The first-order valence-electron chi connectivity index (χ1n) is 6.71. The molecule has 0 bridgehead atoms. The highest BCUT2D eigenvalue weighted by molar-refractivity contribution is 5.80. The molecule has 0 atom stereocenters. The Balaban J connectivity index is 2.00. The lowest BCUT2D eigenvalue weighted by atomic mass is 10.1. The quantitative estimate of drug-likeness (QED) is 0.536. The van der Waals surface area contributed by atoms with E-state index in [1.54, 1.807) is 0 Å². The number of hydrogen-bond donors (Lipinski definition) is 3. The van der Waals surface area contributed by atoms with E-state index in [1.165, 1.54) is 6.92 Å². The second-order valence-electron chi connectivity index (χ2n) is 5.16. The van der Waals surface area contributed by atoms with Crippen molar-refractivity contribution in [1.29, 1.82) is 0 Å². The average Bonchev–Trinajstić information content (AvgIpc) is 3.12. The van der Waals surface area contributed by atoms with Gasteiger partial charge >= 0.3 is 5.97 Å². The fourth-order valence-corrected chi connectivity index (χ4v) is 1.83. The van der Waals surface area contributed by atoms with E-state index >= 15 is 0 Å². The fraction of sp³-hybridized carbons (Fsp3) is 0.769. The Morgan fingerprint density at radius 3 is 2.32 bits per heavy atom. The molecule has 1 aliphatic carbocycles. The lowest BCUT2D eigenvalue weighted by molar-refractivity contribution is -0.143. The van der Waals surface area contributed by atoms with Crippen molar-refractivity contribution in [3.63, 3.8) is 0 Å². The minimum absolute atomic E-state index is 0.0406. The summed E-state index contributed by atoms with van der Waals surface area (Å²) in [7, 11) is 0. The summed E-state index contributed by atoms with van der Waals surface area (Å²) in [5.41, 5.74) is -0.693. The first-order chi connectivity index (χ1) is 8.96. The van der Waals surface area contributed by atoms with Crippen molar-refractivity contribution < 1.29 is 19.5 Å². The molecule has 0 unspecified atom stereocenters. The minimum Gasteiger partial charge on any atom is -0.481 e. The summed E-state index contributed by atoms with van der Waals surface area (Å²) < 4.78 is 0. The predicted molar refractivity (Wildman–Crippen MR) is 69.5 cm³/mol. The molecule has 0 aromatic heterocycles. The van der Waals surface area contributed by atoms with Gasteiger partial charge in [0, 0.05) is 26.4 Å². The standard InChI is InChI=1S/C13H22N2O4/c1-10(16)14-8-4-2-3-5-11(17)15-9-13(6-7-13)12(18)19/h2-9H2,1H3,(H,14,16)(H,15,17)(H,18,19). The molecule has 0 saturated heterocycles. The molecule has 19 heavy (non-hydrogen) atoms. The molecule has 0 radical (unpaired) electrons. The largest absolute Gasteiger partial charge is 0.481 e. The fourth-order valence-electron chi connectivity index (χ4n) is 1.83. The number of rotatable bonds is 9. The number of carbonyl (C=O) groups excluding carboxylic acids is 2. The van der Waals surface area contributed by atoms with Gasteiger partial charge in [-0.05, 0) is 25.7 Å². The molecular weight excluding hydrogens is 248 g/mol. The molecule has 0 aliphatic heterocycles. The molecule has 0 heterocycles. The topological polar surface area (TPSA) is 95.5 Å². The number of unbranched alkanes of at least 4 members (excludes halogenated alkanes) is 2. The number of carbonyl (C=O) groups is 3. The van der Waals surface area contributed by atoms with Gasteiger partial charge in [-0.1, -0.05) is 6.42 Å². The number of hydrogen-bond acceptors (Lipinski definition) is 3. The molecule has 6 heteroatoms. The zero-order valence-electron chi connectivity index (χ0n) is 11.3. The van der Waals surface area contributed by atoms with Gasteiger partial charge in [-0.3, -0.25) is 14.4 Å².